The summed E-state index contributed by atoms with van der Waals surface area (Å²) in [6.07, 6.45) is 0.388. The number of aliphatic hydroxyl groups excluding tert-OH is 2. The highest BCUT2D eigenvalue weighted by molar-refractivity contribution is 5.85. The molecule has 0 fully saturated rings. The fourth-order valence-electron chi connectivity index (χ4n) is 6.56. The van der Waals surface area contributed by atoms with Crippen molar-refractivity contribution >= 4 is 11.9 Å². The van der Waals surface area contributed by atoms with Gasteiger partial charge in [0.25, 0.3) is 0 Å². The van der Waals surface area contributed by atoms with Gasteiger partial charge in [-0.3, -0.25) is 10.2 Å². The Morgan fingerprint density at radius 1 is 0.978 bits per heavy atom. The van der Waals surface area contributed by atoms with E-state index in [4.69, 9.17) is 23.7 Å². The molecule has 5 rings (SSSR count). The van der Waals surface area contributed by atoms with Gasteiger partial charge in [0.1, 0.15) is 0 Å². The number of hydrazine groups is 1. The molecule has 0 spiro atoms. The van der Waals surface area contributed by atoms with Gasteiger partial charge < -0.3 is 49.5 Å². The number of methoxy groups -OCH3 is 3. The van der Waals surface area contributed by atoms with E-state index >= 15 is 0 Å². The summed E-state index contributed by atoms with van der Waals surface area (Å²) < 4.78 is 27.8. The van der Waals surface area contributed by atoms with E-state index in [1.807, 2.05) is 0 Å². The Morgan fingerprint density at radius 2 is 1.58 bits per heavy atom. The zero-order valence-corrected chi connectivity index (χ0v) is 26.2. The average Bonchev–Trinajstić information content (AvgIpc) is 3.53. The highest BCUT2D eigenvalue weighted by Crippen LogP contribution is 2.53. The number of rotatable bonds is 7. The van der Waals surface area contributed by atoms with Crippen LogP contribution in [0, 0.1) is 17.0 Å². The number of carbonyl (C=O) groups excluding carboxylic acids is 2. The molecule has 3 aliphatic rings. The number of benzene rings is 2. The van der Waals surface area contributed by atoms with E-state index in [9.17, 15) is 25.0 Å². The van der Waals surface area contributed by atoms with Crippen molar-refractivity contribution in [1.29, 1.82) is 0 Å². The SMILES string of the molecule is COc1cc([C@@H]2c3cc4c(cc3[C@H](O)C(CO)[C@@H]2C(=O)NNC(=O)NC2=CC(C)(C)N([O-])C2(C)C)OCO4)cc(OC)c1OC. The Hall–Kier alpha value is -4.24. The molecular formula is C31H39N4O10-. The maximum Gasteiger partial charge on any atom is 0.337 e. The molecule has 244 valence electrons. The summed E-state index contributed by atoms with van der Waals surface area (Å²) in [6.45, 7) is 6.25. The molecule has 5 N–H and O–H groups in total. The van der Waals surface area contributed by atoms with Gasteiger partial charge in [-0.1, -0.05) is 0 Å². The van der Waals surface area contributed by atoms with Crippen LogP contribution in [0.25, 0.3) is 0 Å². The van der Waals surface area contributed by atoms with Crippen molar-refractivity contribution in [1.82, 2.24) is 21.2 Å². The molecular weight excluding hydrogens is 588 g/mol. The second-order valence-corrected chi connectivity index (χ2v) is 12.2. The molecule has 3 amide bonds. The van der Waals surface area contributed by atoms with Gasteiger partial charge in [-0.2, -0.15) is 0 Å². The second kappa shape index (κ2) is 11.9. The first-order valence-corrected chi connectivity index (χ1v) is 14.4. The number of ether oxygens (including phenoxy) is 5. The minimum absolute atomic E-state index is 0.00985. The smallest absolute Gasteiger partial charge is 0.337 e. The first kappa shape index (κ1) is 32.2. The number of carbonyl (C=O) groups is 2. The molecule has 0 radical (unpaired) electrons. The lowest BCUT2D eigenvalue weighted by atomic mass is 9.65. The van der Waals surface area contributed by atoms with Crippen LogP contribution in [0.15, 0.2) is 36.0 Å². The van der Waals surface area contributed by atoms with E-state index in [-0.39, 0.29) is 6.79 Å². The largest absolute Gasteiger partial charge is 0.784 e. The lowest BCUT2D eigenvalue weighted by molar-refractivity contribution is -0.132. The maximum absolute atomic E-state index is 14.0. The third-order valence-corrected chi connectivity index (χ3v) is 8.75. The molecule has 2 aromatic rings. The summed E-state index contributed by atoms with van der Waals surface area (Å²) in [5.41, 5.74) is 4.86. The van der Waals surface area contributed by atoms with E-state index in [2.05, 4.69) is 16.2 Å². The van der Waals surface area contributed by atoms with Gasteiger partial charge in [0, 0.05) is 35.2 Å². The van der Waals surface area contributed by atoms with E-state index in [0.717, 1.165) is 5.06 Å². The van der Waals surface area contributed by atoms with Gasteiger partial charge >= 0.3 is 6.03 Å². The van der Waals surface area contributed by atoms with Crippen molar-refractivity contribution in [3.05, 3.63) is 57.9 Å². The Bertz CT molecular complexity index is 1500. The molecule has 0 saturated carbocycles. The number of hydroxylamine groups is 2. The number of amides is 3. The number of fused-ring (bicyclic) bond motifs is 2. The van der Waals surface area contributed by atoms with E-state index in [1.54, 1.807) is 58.0 Å². The van der Waals surface area contributed by atoms with Gasteiger partial charge in [-0.25, -0.2) is 10.2 Å². The van der Waals surface area contributed by atoms with Crippen molar-refractivity contribution in [3.63, 3.8) is 0 Å². The highest BCUT2D eigenvalue weighted by Gasteiger charge is 2.48. The summed E-state index contributed by atoms with van der Waals surface area (Å²) >= 11 is 0. The number of hydrogen-bond donors (Lipinski definition) is 5. The molecule has 14 heteroatoms. The zero-order valence-electron chi connectivity index (χ0n) is 26.2. The van der Waals surface area contributed by atoms with Crippen molar-refractivity contribution in [2.45, 2.75) is 50.8 Å². The standard InChI is InChI=1S/C31H39N4O10/c1-30(2)12-23(31(3,4)35(30)40)32-29(39)34-33-28(38)25-18(13-36)26(37)17-11-20-19(44-14-45-20)10-16(17)24(25)15-8-21(41-5)27(43-7)22(9-15)42-6/h8-12,18,24-26,36-37H,13-14H2,1-7H3,(H,33,38)(H2,32,34,39)/q-1/t18?,24-,25+,26+/m1/s1. The average molecular weight is 628 g/mol. The van der Waals surface area contributed by atoms with Crippen molar-refractivity contribution < 1.29 is 43.5 Å². The quantitative estimate of drug-likeness (QED) is 0.284. The van der Waals surface area contributed by atoms with Crippen LogP contribution in [0.2, 0.25) is 0 Å². The van der Waals surface area contributed by atoms with Crippen molar-refractivity contribution in [2.75, 3.05) is 34.7 Å². The van der Waals surface area contributed by atoms with Gasteiger partial charge in [0.2, 0.25) is 18.4 Å². The molecule has 45 heavy (non-hydrogen) atoms. The summed E-state index contributed by atoms with van der Waals surface area (Å²) in [6, 6.07) is 5.95. The molecule has 2 aliphatic heterocycles. The fraction of sp³-hybridized carbons (Fsp3) is 0.484. The predicted molar refractivity (Wildman–Crippen MR) is 161 cm³/mol. The molecule has 14 nitrogen and oxygen atoms in total. The van der Waals surface area contributed by atoms with Crippen molar-refractivity contribution in [2.24, 2.45) is 11.8 Å². The third-order valence-electron chi connectivity index (χ3n) is 8.75. The predicted octanol–water partition coefficient (Wildman–Crippen LogP) is 2.43. The molecule has 0 aromatic heterocycles. The number of urea groups is 1. The number of nitrogens with zero attached hydrogens (tertiary/aromatic N) is 1. The van der Waals surface area contributed by atoms with Gasteiger partial charge in [-0.15, -0.1) is 0 Å². The first-order chi connectivity index (χ1) is 21.3. The minimum atomic E-state index is -1.27. The zero-order chi connectivity index (χ0) is 32.8. The van der Waals surface area contributed by atoms with E-state index in [1.165, 1.54) is 21.3 Å². The topological polar surface area (TPSA) is 183 Å². The van der Waals surface area contributed by atoms with Gasteiger partial charge in [-0.05, 0) is 74.7 Å². The Balaban J connectivity index is 1.52. The van der Waals surface area contributed by atoms with E-state index < -0.39 is 53.5 Å². The molecule has 4 atom stereocenters. The van der Waals surface area contributed by atoms with Crippen LogP contribution in [0.3, 0.4) is 0 Å². The molecule has 0 bridgehead atoms. The van der Waals surface area contributed by atoms with Crippen LogP contribution in [0.1, 0.15) is 56.4 Å². The Morgan fingerprint density at radius 3 is 2.09 bits per heavy atom. The summed E-state index contributed by atoms with van der Waals surface area (Å²) in [5, 5.41) is 38.3. The highest BCUT2D eigenvalue weighted by atomic mass is 16.7. The van der Waals surface area contributed by atoms with Crippen LogP contribution in [0.4, 0.5) is 4.79 Å². The minimum Gasteiger partial charge on any atom is -0.784 e. The monoisotopic (exact) mass is 627 g/mol. The summed E-state index contributed by atoms with van der Waals surface area (Å²) in [5.74, 6) is -1.72. The van der Waals surface area contributed by atoms with Crippen LogP contribution < -0.4 is 39.9 Å². The van der Waals surface area contributed by atoms with Crippen molar-refractivity contribution in [3.8, 4) is 28.7 Å². The number of aliphatic hydroxyl groups is 2. The van der Waals surface area contributed by atoms with Crippen LogP contribution >= 0.6 is 0 Å². The van der Waals surface area contributed by atoms with Crippen LogP contribution in [0.5, 0.6) is 28.7 Å². The van der Waals surface area contributed by atoms with Crippen LogP contribution in [-0.2, 0) is 4.79 Å². The number of nitrogens with one attached hydrogen (secondary N) is 3. The lowest BCUT2D eigenvalue weighted by Gasteiger charge is -2.47. The Labute approximate surface area is 260 Å². The van der Waals surface area contributed by atoms with Crippen LogP contribution in [-0.4, -0.2) is 73.0 Å². The Kier molecular flexibility index (Phi) is 8.53. The lowest BCUT2D eigenvalue weighted by Crippen LogP contribution is -2.54. The molecule has 2 heterocycles. The fourth-order valence-corrected chi connectivity index (χ4v) is 6.56. The number of hydrogen-bond acceptors (Lipinski definition) is 11. The van der Waals surface area contributed by atoms with Gasteiger partial charge in [0.15, 0.2) is 23.0 Å². The van der Waals surface area contributed by atoms with Gasteiger partial charge in [0.05, 0.1) is 33.4 Å². The molecule has 1 aliphatic carbocycles. The first-order valence-electron chi connectivity index (χ1n) is 14.4. The second-order valence-electron chi connectivity index (χ2n) is 12.2. The molecule has 1 unspecified atom stereocenters. The normalized spacial score (nSPS) is 24.3. The molecule has 0 saturated heterocycles. The summed E-state index contributed by atoms with van der Waals surface area (Å²) in [7, 11) is 4.41. The molecule has 2 aromatic carbocycles. The van der Waals surface area contributed by atoms with E-state index in [0.29, 0.717) is 51.1 Å². The summed E-state index contributed by atoms with van der Waals surface area (Å²) in [4.78, 5) is 27.0. The maximum atomic E-state index is 14.0. The third kappa shape index (κ3) is 5.47.